The second kappa shape index (κ2) is 8.24. The second-order valence-electron chi connectivity index (χ2n) is 5.94. The molecule has 26 heavy (non-hydrogen) atoms. The lowest BCUT2D eigenvalue weighted by Gasteiger charge is -2.32. The fourth-order valence-electron chi connectivity index (χ4n) is 2.56. The monoisotopic (exact) mass is 393 g/mol. The van der Waals surface area contributed by atoms with E-state index >= 15 is 0 Å². The van der Waals surface area contributed by atoms with Crippen molar-refractivity contribution in [3.05, 3.63) is 28.8 Å². The Balaban J connectivity index is 1.99. The largest absolute Gasteiger partial charge is 0.417 e. The Morgan fingerprint density at radius 1 is 1.42 bits per heavy atom. The van der Waals surface area contributed by atoms with Gasteiger partial charge in [-0.15, -0.1) is 0 Å². The molecule has 6 nitrogen and oxygen atoms in total. The SMILES string of the molecule is C[C@H]1OCCN[C@@H]1C(=O)N(C)CC(=O)Nc1ccc(Cl)c(C(F)(F)F)c1. The minimum Gasteiger partial charge on any atom is -0.375 e. The minimum atomic E-state index is -4.63. The van der Waals surface area contributed by atoms with Gasteiger partial charge in [-0.25, -0.2) is 0 Å². The van der Waals surface area contributed by atoms with Gasteiger partial charge in [0.15, 0.2) is 0 Å². The van der Waals surface area contributed by atoms with Crippen LogP contribution in [0.5, 0.6) is 0 Å². The first-order chi connectivity index (χ1) is 12.1. The smallest absolute Gasteiger partial charge is 0.375 e. The van der Waals surface area contributed by atoms with Gasteiger partial charge in [0, 0.05) is 19.3 Å². The molecule has 144 valence electrons. The number of nitrogens with zero attached hydrogens (tertiary/aromatic N) is 1. The average Bonchev–Trinajstić information content (AvgIpc) is 2.55. The summed E-state index contributed by atoms with van der Waals surface area (Å²) in [6, 6.07) is 2.49. The zero-order valence-electron chi connectivity index (χ0n) is 14.2. The number of likely N-dealkylation sites (N-methyl/N-ethyl adjacent to an activating group) is 1. The van der Waals surface area contributed by atoms with Gasteiger partial charge in [-0.2, -0.15) is 13.2 Å². The van der Waals surface area contributed by atoms with Gasteiger partial charge in [0.05, 0.1) is 29.8 Å². The highest BCUT2D eigenvalue weighted by Gasteiger charge is 2.34. The summed E-state index contributed by atoms with van der Waals surface area (Å²) in [7, 11) is 1.44. The second-order valence-corrected chi connectivity index (χ2v) is 6.35. The molecule has 0 saturated carbocycles. The number of morpholine rings is 1. The fourth-order valence-corrected chi connectivity index (χ4v) is 2.79. The summed E-state index contributed by atoms with van der Waals surface area (Å²) in [6.07, 6.45) is -4.97. The van der Waals surface area contributed by atoms with E-state index in [0.29, 0.717) is 13.2 Å². The third kappa shape index (κ3) is 5.09. The number of hydrogen-bond donors (Lipinski definition) is 2. The Morgan fingerprint density at radius 2 is 2.12 bits per heavy atom. The van der Waals surface area contributed by atoms with Crippen LogP contribution in [0.2, 0.25) is 5.02 Å². The highest BCUT2D eigenvalue weighted by Crippen LogP contribution is 2.36. The molecule has 1 fully saturated rings. The van der Waals surface area contributed by atoms with Crippen LogP contribution in [0, 0.1) is 0 Å². The van der Waals surface area contributed by atoms with Crippen molar-refractivity contribution in [2.45, 2.75) is 25.2 Å². The number of alkyl halides is 3. The number of anilines is 1. The molecule has 0 spiro atoms. The Kier molecular flexibility index (Phi) is 6.48. The summed E-state index contributed by atoms with van der Waals surface area (Å²) >= 11 is 5.54. The van der Waals surface area contributed by atoms with Crippen LogP contribution in [-0.2, 0) is 20.5 Å². The molecule has 10 heteroatoms. The molecule has 1 aromatic carbocycles. The molecule has 1 heterocycles. The Bertz CT molecular complexity index is 684. The first-order valence-electron chi connectivity index (χ1n) is 7.86. The summed E-state index contributed by atoms with van der Waals surface area (Å²) < 4.78 is 44.0. The normalized spacial score (nSPS) is 20.5. The highest BCUT2D eigenvalue weighted by molar-refractivity contribution is 6.31. The molecule has 2 atom stereocenters. The molecular weight excluding hydrogens is 375 g/mol. The molecule has 1 aromatic rings. The topological polar surface area (TPSA) is 70.7 Å². The Morgan fingerprint density at radius 3 is 2.73 bits per heavy atom. The highest BCUT2D eigenvalue weighted by atomic mass is 35.5. The number of ether oxygens (including phenoxy) is 1. The van der Waals surface area contributed by atoms with Crippen molar-refractivity contribution in [1.82, 2.24) is 10.2 Å². The summed E-state index contributed by atoms with van der Waals surface area (Å²) in [4.78, 5) is 25.6. The maximum atomic E-state index is 12.9. The van der Waals surface area contributed by atoms with Gasteiger partial charge in [-0.3, -0.25) is 9.59 Å². The standard InChI is InChI=1S/C16H19ClF3N3O3/c1-9-14(21-5-6-26-9)15(25)23(2)8-13(24)22-10-3-4-12(17)11(7-10)16(18,19)20/h3-4,7,9,14,21H,5-6,8H2,1-2H3,(H,22,24)/t9-,14+/m1/s1. The number of hydrogen-bond acceptors (Lipinski definition) is 4. The number of carbonyl (C=O) groups is 2. The lowest BCUT2D eigenvalue weighted by molar-refractivity contribution is -0.140. The van der Waals surface area contributed by atoms with E-state index in [2.05, 4.69) is 10.6 Å². The maximum Gasteiger partial charge on any atom is 0.417 e. The van der Waals surface area contributed by atoms with Gasteiger partial charge < -0.3 is 20.3 Å². The van der Waals surface area contributed by atoms with Crippen LogP contribution < -0.4 is 10.6 Å². The number of benzene rings is 1. The van der Waals surface area contributed by atoms with Gasteiger partial charge in [0.1, 0.15) is 6.04 Å². The summed E-state index contributed by atoms with van der Waals surface area (Å²) in [5, 5.41) is 4.90. The zero-order chi connectivity index (χ0) is 19.5. The van der Waals surface area contributed by atoms with Crippen LogP contribution in [0.1, 0.15) is 12.5 Å². The number of nitrogens with one attached hydrogen (secondary N) is 2. The van der Waals surface area contributed by atoms with Crippen molar-refractivity contribution in [3.63, 3.8) is 0 Å². The predicted octanol–water partition coefficient (Wildman–Crippen LogP) is 2.13. The first kappa shape index (κ1) is 20.5. The van der Waals surface area contributed by atoms with E-state index in [4.69, 9.17) is 16.3 Å². The molecule has 0 aliphatic carbocycles. The Labute approximate surface area is 153 Å². The molecule has 1 aliphatic rings. The number of carbonyl (C=O) groups excluding carboxylic acids is 2. The molecule has 1 aliphatic heterocycles. The average molecular weight is 394 g/mol. The Hall–Kier alpha value is -1.84. The molecule has 2 N–H and O–H groups in total. The van der Waals surface area contributed by atoms with Crippen LogP contribution in [-0.4, -0.2) is 55.6 Å². The van der Waals surface area contributed by atoms with E-state index in [1.54, 1.807) is 6.92 Å². The van der Waals surface area contributed by atoms with E-state index < -0.39 is 28.7 Å². The third-order valence-corrected chi connectivity index (χ3v) is 4.22. The van der Waals surface area contributed by atoms with Gasteiger partial charge in [-0.05, 0) is 25.1 Å². The van der Waals surface area contributed by atoms with E-state index in [0.717, 1.165) is 12.1 Å². The zero-order valence-corrected chi connectivity index (χ0v) is 14.9. The van der Waals surface area contributed by atoms with E-state index in [9.17, 15) is 22.8 Å². The first-order valence-corrected chi connectivity index (χ1v) is 8.24. The summed E-state index contributed by atoms with van der Waals surface area (Å²) in [5.74, 6) is -0.958. The molecule has 0 radical (unpaired) electrons. The summed E-state index contributed by atoms with van der Waals surface area (Å²) in [6.45, 7) is 2.45. The van der Waals surface area contributed by atoms with Crippen LogP contribution in [0.15, 0.2) is 18.2 Å². The summed E-state index contributed by atoms with van der Waals surface area (Å²) in [5.41, 5.74) is -1.10. The predicted molar refractivity (Wildman–Crippen MR) is 89.9 cm³/mol. The van der Waals surface area contributed by atoms with Crippen molar-refractivity contribution in [3.8, 4) is 0 Å². The minimum absolute atomic E-state index is 0.0555. The van der Waals surface area contributed by atoms with E-state index in [-0.39, 0.29) is 24.2 Å². The maximum absolute atomic E-state index is 12.9. The lowest BCUT2D eigenvalue weighted by atomic mass is 10.1. The van der Waals surface area contributed by atoms with Crippen LogP contribution in [0.25, 0.3) is 0 Å². The van der Waals surface area contributed by atoms with Crippen LogP contribution >= 0.6 is 11.6 Å². The molecule has 2 rings (SSSR count). The molecule has 0 aromatic heterocycles. The van der Waals surface area contributed by atoms with Gasteiger partial charge >= 0.3 is 6.18 Å². The molecular formula is C16H19ClF3N3O3. The van der Waals surface area contributed by atoms with Crippen molar-refractivity contribution >= 4 is 29.1 Å². The van der Waals surface area contributed by atoms with Crippen LogP contribution in [0.3, 0.4) is 0 Å². The third-order valence-electron chi connectivity index (χ3n) is 3.90. The van der Waals surface area contributed by atoms with E-state index in [1.807, 2.05) is 0 Å². The number of halogens is 4. The van der Waals surface area contributed by atoms with Crippen LogP contribution in [0.4, 0.5) is 18.9 Å². The molecule has 1 saturated heterocycles. The molecule has 0 unspecified atom stereocenters. The molecule has 2 amide bonds. The van der Waals surface area contributed by atoms with Gasteiger partial charge in [0.25, 0.3) is 0 Å². The van der Waals surface area contributed by atoms with Crippen molar-refractivity contribution in [2.75, 3.05) is 32.1 Å². The van der Waals surface area contributed by atoms with Gasteiger partial charge in [0.2, 0.25) is 11.8 Å². The van der Waals surface area contributed by atoms with E-state index in [1.165, 1.54) is 18.0 Å². The number of rotatable bonds is 4. The molecule has 0 bridgehead atoms. The van der Waals surface area contributed by atoms with Crippen molar-refractivity contribution in [1.29, 1.82) is 0 Å². The quantitative estimate of drug-likeness (QED) is 0.822. The fraction of sp³-hybridized carbons (Fsp3) is 0.500. The van der Waals surface area contributed by atoms with Gasteiger partial charge in [-0.1, -0.05) is 11.6 Å². The van der Waals surface area contributed by atoms with Crippen molar-refractivity contribution in [2.24, 2.45) is 0 Å². The van der Waals surface area contributed by atoms with Crippen molar-refractivity contribution < 1.29 is 27.5 Å². The number of amides is 2. The lowest BCUT2D eigenvalue weighted by Crippen LogP contribution is -2.56.